The first-order valence-electron chi connectivity index (χ1n) is 5.82. The standard InChI is InChI=1S/C13H12BNO3/c14-9-12(17)8-7(11(16)13(9)18)4-3-6-2-1-5-15-10(6)8/h1-2,5,16-18H,3-4,14H2. The zero-order valence-corrected chi connectivity index (χ0v) is 9.94. The molecule has 0 bridgehead atoms. The van der Waals surface area contributed by atoms with Gasteiger partial charge in [-0.05, 0) is 29.9 Å². The van der Waals surface area contributed by atoms with Crippen molar-refractivity contribution in [2.75, 3.05) is 0 Å². The van der Waals surface area contributed by atoms with E-state index in [9.17, 15) is 15.3 Å². The van der Waals surface area contributed by atoms with Crippen molar-refractivity contribution in [1.82, 2.24) is 4.98 Å². The highest BCUT2D eigenvalue weighted by Gasteiger charge is 2.27. The van der Waals surface area contributed by atoms with Gasteiger partial charge in [-0.15, -0.1) is 0 Å². The second-order valence-electron chi connectivity index (χ2n) is 4.54. The molecule has 0 saturated carbocycles. The van der Waals surface area contributed by atoms with E-state index in [1.54, 1.807) is 14.0 Å². The van der Waals surface area contributed by atoms with E-state index < -0.39 is 0 Å². The van der Waals surface area contributed by atoms with Crippen molar-refractivity contribution in [2.24, 2.45) is 0 Å². The fraction of sp³-hybridized carbons (Fsp3) is 0.154. The summed E-state index contributed by atoms with van der Waals surface area (Å²) in [6.45, 7) is 0. The van der Waals surface area contributed by atoms with Crippen LogP contribution in [0.3, 0.4) is 0 Å². The molecule has 0 saturated heterocycles. The molecule has 5 heteroatoms. The number of nitrogens with zero attached hydrogens (tertiary/aromatic N) is 1. The molecule has 4 nitrogen and oxygen atoms in total. The Morgan fingerprint density at radius 3 is 2.61 bits per heavy atom. The maximum Gasteiger partial charge on any atom is 0.161 e. The number of phenols is 3. The molecule has 1 aromatic carbocycles. The third-order valence-electron chi connectivity index (χ3n) is 3.53. The zero-order valence-electron chi connectivity index (χ0n) is 9.94. The molecule has 0 fully saturated rings. The number of hydrogen-bond donors (Lipinski definition) is 3. The van der Waals surface area contributed by atoms with E-state index in [1.165, 1.54) is 0 Å². The molecule has 1 aliphatic rings. The van der Waals surface area contributed by atoms with E-state index in [1.807, 2.05) is 12.1 Å². The third-order valence-corrected chi connectivity index (χ3v) is 3.53. The molecule has 18 heavy (non-hydrogen) atoms. The normalized spacial score (nSPS) is 12.9. The first kappa shape index (κ1) is 11.0. The Labute approximate surface area is 105 Å². The summed E-state index contributed by atoms with van der Waals surface area (Å²) in [5.41, 5.74) is 3.13. The SMILES string of the molecule is Bc1c(O)c(O)c2c(c1O)-c1ncccc1CC2. The number of phenolic OH excluding ortho intramolecular Hbond substituents is 3. The number of aryl methyl sites for hydroxylation is 1. The summed E-state index contributed by atoms with van der Waals surface area (Å²) in [5.74, 6) is -0.387. The molecule has 2 aromatic rings. The van der Waals surface area contributed by atoms with E-state index in [0.29, 0.717) is 23.2 Å². The maximum absolute atomic E-state index is 10.2. The summed E-state index contributed by atoms with van der Waals surface area (Å²) in [6.07, 6.45) is 2.99. The highest BCUT2D eigenvalue weighted by atomic mass is 16.3. The molecule has 0 aliphatic heterocycles. The quantitative estimate of drug-likeness (QED) is 0.350. The lowest BCUT2D eigenvalue weighted by Gasteiger charge is -2.22. The van der Waals surface area contributed by atoms with Gasteiger partial charge in [-0.2, -0.15) is 0 Å². The van der Waals surface area contributed by atoms with Crippen LogP contribution in [0.25, 0.3) is 11.3 Å². The van der Waals surface area contributed by atoms with Gasteiger partial charge in [0, 0.05) is 17.3 Å². The number of aromatic nitrogens is 1. The Kier molecular flexibility index (Phi) is 2.23. The predicted octanol–water partition coefficient (Wildman–Crippen LogP) is 0.222. The number of fused-ring (bicyclic) bond motifs is 3. The molecule has 0 unspecified atom stereocenters. The highest BCUT2D eigenvalue weighted by molar-refractivity contribution is 6.37. The van der Waals surface area contributed by atoms with Crippen molar-refractivity contribution in [3.63, 3.8) is 0 Å². The second-order valence-corrected chi connectivity index (χ2v) is 4.54. The largest absolute Gasteiger partial charge is 0.508 e. The number of benzene rings is 1. The third kappa shape index (κ3) is 1.30. The molecule has 1 aromatic heterocycles. The van der Waals surface area contributed by atoms with Gasteiger partial charge in [-0.25, -0.2) is 0 Å². The van der Waals surface area contributed by atoms with Gasteiger partial charge in [0.25, 0.3) is 0 Å². The number of pyridine rings is 1. The maximum atomic E-state index is 10.2. The lowest BCUT2D eigenvalue weighted by atomic mass is 9.81. The number of rotatable bonds is 0. The number of hydrogen-bond acceptors (Lipinski definition) is 4. The summed E-state index contributed by atoms with van der Waals surface area (Å²) in [7, 11) is 1.57. The molecular weight excluding hydrogens is 229 g/mol. The van der Waals surface area contributed by atoms with Gasteiger partial charge in [0.05, 0.1) is 5.69 Å². The topological polar surface area (TPSA) is 73.6 Å². The molecule has 0 atom stereocenters. The molecule has 90 valence electrons. The van der Waals surface area contributed by atoms with Crippen molar-refractivity contribution >= 4 is 13.3 Å². The smallest absolute Gasteiger partial charge is 0.161 e. The summed E-state index contributed by atoms with van der Waals surface area (Å²) < 4.78 is 0. The van der Waals surface area contributed by atoms with Gasteiger partial charge in [0.2, 0.25) is 0 Å². The molecule has 1 heterocycles. The Hall–Kier alpha value is -2.17. The molecule has 1 aliphatic carbocycles. The van der Waals surface area contributed by atoms with Gasteiger partial charge in [0.1, 0.15) is 13.6 Å². The van der Waals surface area contributed by atoms with Crippen LogP contribution in [0.5, 0.6) is 17.2 Å². The van der Waals surface area contributed by atoms with E-state index in [2.05, 4.69) is 4.98 Å². The van der Waals surface area contributed by atoms with Crippen molar-refractivity contribution in [3.8, 4) is 28.5 Å². The van der Waals surface area contributed by atoms with Gasteiger partial charge in [-0.1, -0.05) is 6.07 Å². The lowest BCUT2D eigenvalue weighted by molar-refractivity contribution is 0.396. The molecule has 0 amide bonds. The summed E-state index contributed by atoms with van der Waals surface area (Å²) >= 11 is 0. The Morgan fingerprint density at radius 2 is 1.83 bits per heavy atom. The van der Waals surface area contributed by atoms with Crippen molar-refractivity contribution in [1.29, 1.82) is 0 Å². The van der Waals surface area contributed by atoms with Crippen LogP contribution < -0.4 is 5.46 Å². The second kappa shape index (κ2) is 3.66. The van der Waals surface area contributed by atoms with E-state index in [-0.39, 0.29) is 22.7 Å². The van der Waals surface area contributed by atoms with Gasteiger partial charge < -0.3 is 15.3 Å². The Morgan fingerprint density at radius 1 is 1.06 bits per heavy atom. The van der Waals surface area contributed by atoms with Crippen LogP contribution in [-0.2, 0) is 12.8 Å². The Bertz CT molecular complexity index is 655. The van der Waals surface area contributed by atoms with Gasteiger partial charge in [-0.3, -0.25) is 4.98 Å². The van der Waals surface area contributed by atoms with E-state index in [4.69, 9.17) is 0 Å². The highest BCUT2D eigenvalue weighted by Crippen LogP contribution is 2.44. The van der Waals surface area contributed by atoms with E-state index >= 15 is 0 Å². The molecular formula is C13H12BNO3. The number of aromatic hydroxyl groups is 3. The summed E-state index contributed by atoms with van der Waals surface area (Å²) in [5, 5.41) is 29.9. The lowest BCUT2D eigenvalue weighted by Crippen LogP contribution is -2.13. The minimum absolute atomic E-state index is 0.0000463. The van der Waals surface area contributed by atoms with Crippen LogP contribution in [0.2, 0.25) is 0 Å². The van der Waals surface area contributed by atoms with Crippen LogP contribution in [-0.4, -0.2) is 28.1 Å². The van der Waals surface area contributed by atoms with Crippen molar-refractivity contribution in [3.05, 3.63) is 29.5 Å². The fourth-order valence-corrected chi connectivity index (χ4v) is 2.51. The molecule has 3 rings (SSSR count). The van der Waals surface area contributed by atoms with Crippen molar-refractivity contribution < 1.29 is 15.3 Å². The predicted molar refractivity (Wildman–Crippen MR) is 70.3 cm³/mol. The first-order chi connectivity index (χ1) is 8.61. The molecule has 0 spiro atoms. The van der Waals surface area contributed by atoms with Crippen LogP contribution in [0.15, 0.2) is 18.3 Å². The average molecular weight is 241 g/mol. The summed E-state index contributed by atoms with van der Waals surface area (Å²) in [6, 6.07) is 3.82. The van der Waals surface area contributed by atoms with Crippen molar-refractivity contribution in [2.45, 2.75) is 12.8 Å². The Balaban J connectivity index is 2.41. The zero-order chi connectivity index (χ0) is 12.9. The van der Waals surface area contributed by atoms with Gasteiger partial charge in [0.15, 0.2) is 11.5 Å². The van der Waals surface area contributed by atoms with Crippen LogP contribution in [0.4, 0.5) is 0 Å². The summed E-state index contributed by atoms with van der Waals surface area (Å²) in [4.78, 5) is 4.28. The first-order valence-corrected chi connectivity index (χ1v) is 5.82. The van der Waals surface area contributed by atoms with Gasteiger partial charge >= 0.3 is 0 Å². The van der Waals surface area contributed by atoms with Crippen LogP contribution in [0, 0.1) is 0 Å². The van der Waals surface area contributed by atoms with E-state index in [0.717, 1.165) is 12.0 Å². The average Bonchev–Trinajstić information content (AvgIpc) is 2.41. The fourth-order valence-electron chi connectivity index (χ4n) is 2.51. The van der Waals surface area contributed by atoms with Crippen LogP contribution in [0.1, 0.15) is 11.1 Å². The monoisotopic (exact) mass is 241 g/mol. The van der Waals surface area contributed by atoms with Crippen LogP contribution >= 0.6 is 0 Å². The molecule has 3 N–H and O–H groups in total. The minimum Gasteiger partial charge on any atom is -0.508 e. The molecule has 0 radical (unpaired) electrons. The minimum atomic E-state index is -0.245.